The molecular formula is C23H38N4O2. The molecule has 0 aliphatic carbocycles. The van der Waals surface area contributed by atoms with E-state index < -0.39 is 0 Å². The molecule has 6 nitrogen and oxygen atoms in total. The molecule has 162 valence electrons. The fraction of sp³-hybridized carbons (Fsp3) is 0.696. The Morgan fingerprint density at radius 3 is 2.72 bits per heavy atom. The van der Waals surface area contributed by atoms with Crippen LogP contribution in [0.25, 0.3) is 0 Å². The van der Waals surface area contributed by atoms with Crippen LogP contribution < -0.4 is 10.6 Å². The molecule has 2 fully saturated rings. The Morgan fingerprint density at radius 1 is 1.14 bits per heavy atom. The predicted octanol–water partition coefficient (Wildman–Crippen LogP) is 2.92. The summed E-state index contributed by atoms with van der Waals surface area (Å²) in [4.78, 5) is 6.93. The molecule has 0 amide bonds. The number of aliphatic imine (C=N–C) groups is 1. The number of benzene rings is 1. The van der Waals surface area contributed by atoms with Crippen LogP contribution in [0.15, 0.2) is 29.3 Å². The summed E-state index contributed by atoms with van der Waals surface area (Å²) >= 11 is 0. The number of nitrogens with one attached hydrogen (secondary N) is 2. The van der Waals surface area contributed by atoms with Gasteiger partial charge in [-0.3, -0.25) is 9.89 Å². The third-order valence-corrected chi connectivity index (χ3v) is 5.72. The molecule has 1 atom stereocenters. The molecule has 1 aromatic rings. The number of guanidine groups is 1. The lowest BCUT2D eigenvalue weighted by Crippen LogP contribution is -2.38. The highest BCUT2D eigenvalue weighted by molar-refractivity contribution is 5.79. The van der Waals surface area contributed by atoms with Crippen LogP contribution in [-0.2, 0) is 22.6 Å². The SMILES string of the molecule is CN=C(NCCCOCC1CCCO1)NCc1ccccc1CN1CCCCC1. The summed E-state index contributed by atoms with van der Waals surface area (Å²) in [6.45, 7) is 7.49. The summed E-state index contributed by atoms with van der Waals surface area (Å²) in [5.41, 5.74) is 2.76. The van der Waals surface area contributed by atoms with Crippen molar-refractivity contribution in [1.82, 2.24) is 15.5 Å². The van der Waals surface area contributed by atoms with Crippen molar-refractivity contribution in [2.45, 2.75) is 57.7 Å². The molecule has 3 rings (SSSR count). The molecule has 0 saturated carbocycles. The fourth-order valence-corrected chi connectivity index (χ4v) is 4.01. The Morgan fingerprint density at radius 2 is 1.97 bits per heavy atom. The summed E-state index contributed by atoms with van der Waals surface area (Å²) < 4.78 is 11.3. The molecule has 0 radical (unpaired) electrons. The molecule has 2 aliphatic heterocycles. The summed E-state index contributed by atoms with van der Waals surface area (Å²) in [6, 6.07) is 8.75. The Hall–Kier alpha value is -1.63. The van der Waals surface area contributed by atoms with Crippen LogP contribution >= 0.6 is 0 Å². The van der Waals surface area contributed by atoms with Gasteiger partial charge in [0.15, 0.2) is 5.96 Å². The highest BCUT2D eigenvalue weighted by Crippen LogP contribution is 2.16. The first-order valence-electron chi connectivity index (χ1n) is 11.3. The monoisotopic (exact) mass is 402 g/mol. The fourth-order valence-electron chi connectivity index (χ4n) is 4.01. The molecule has 6 heteroatoms. The quantitative estimate of drug-likeness (QED) is 0.358. The molecule has 0 bridgehead atoms. The third-order valence-electron chi connectivity index (χ3n) is 5.72. The number of likely N-dealkylation sites (tertiary alicyclic amines) is 1. The second-order valence-electron chi connectivity index (χ2n) is 8.02. The van der Waals surface area contributed by atoms with Crippen LogP contribution in [0.3, 0.4) is 0 Å². The maximum atomic E-state index is 5.72. The Kier molecular flexibility index (Phi) is 9.76. The van der Waals surface area contributed by atoms with E-state index in [0.717, 1.165) is 58.3 Å². The highest BCUT2D eigenvalue weighted by atomic mass is 16.5. The Bertz CT molecular complexity index is 611. The van der Waals surface area contributed by atoms with E-state index in [1.54, 1.807) is 0 Å². The smallest absolute Gasteiger partial charge is 0.191 e. The first-order valence-corrected chi connectivity index (χ1v) is 11.3. The number of ether oxygens (including phenoxy) is 2. The second kappa shape index (κ2) is 12.8. The molecule has 2 saturated heterocycles. The lowest BCUT2D eigenvalue weighted by Gasteiger charge is -2.27. The van der Waals surface area contributed by atoms with Gasteiger partial charge in [-0.05, 0) is 56.3 Å². The van der Waals surface area contributed by atoms with E-state index in [1.807, 2.05) is 7.05 Å². The van der Waals surface area contributed by atoms with Crippen molar-refractivity contribution >= 4 is 5.96 Å². The maximum absolute atomic E-state index is 5.72. The van der Waals surface area contributed by atoms with Gasteiger partial charge in [-0.2, -0.15) is 0 Å². The summed E-state index contributed by atoms with van der Waals surface area (Å²) in [5, 5.41) is 6.84. The lowest BCUT2D eigenvalue weighted by atomic mass is 10.0. The average molecular weight is 403 g/mol. The van der Waals surface area contributed by atoms with Gasteiger partial charge >= 0.3 is 0 Å². The molecule has 0 spiro atoms. The van der Waals surface area contributed by atoms with E-state index in [0.29, 0.717) is 6.10 Å². The van der Waals surface area contributed by atoms with Crippen LogP contribution in [0.1, 0.15) is 49.7 Å². The minimum absolute atomic E-state index is 0.308. The minimum atomic E-state index is 0.308. The normalized spacial score (nSPS) is 20.7. The molecule has 2 N–H and O–H groups in total. The van der Waals surface area contributed by atoms with Crippen LogP contribution in [0.5, 0.6) is 0 Å². The van der Waals surface area contributed by atoms with Crippen molar-refractivity contribution in [2.24, 2.45) is 4.99 Å². The van der Waals surface area contributed by atoms with Gasteiger partial charge in [-0.25, -0.2) is 0 Å². The topological polar surface area (TPSA) is 58.1 Å². The van der Waals surface area contributed by atoms with Crippen LogP contribution in [0.4, 0.5) is 0 Å². The summed E-state index contributed by atoms with van der Waals surface area (Å²) in [6.07, 6.45) is 7.60. The summed E-state index contributed by atoms with van der Waals surface area (Å²) in [7, 11) is 1.82. The van der Waals surface area contributed by atoms with Gasteiger partial charge < -0.3 is 20.1 Å². The molecule has 2 heterocycles. The van der Waals surface area contributed by atoms with E-state index in [1.165, 1.54) is 49.9 Å². The van der Waals surface area contributed by atoms with Gasteiger partial charge in [-0.1, -0.05) is 30.7 Å². The number of hydrogen-bond donors (Lipinski definition) is 2. The standard InChI is InChI=1S/C23H38N4O2/c1-24-23(25-12-8-15-28-19-22-11-7-16-29-22)26-17-20-9-3-4-10-21(20)18-27-13-5-2-6-14-27/h3-4,9-10,22H,2,5-8,11-19H2,1H3,(H2,24,25,26). The van der Waals surface area contributed by atoms with Crippen molar-refractivity contribution in [3.05, 3.63) is 35.4 Å². The van der Waals surface area contributed by atoms with Gasteiger partial charge in [0.25, 0.3) is 0 Å². The van der Waals surface area contributed by atoms with Crippen molar-refractivity contribution < 1.29 is 9.47 Å². The van der Waals surface area contributed by atoms with Crippen molar-refractivity contribution in [3.63, 3.8) is 0 Å². The predicted molar refractivity (Wildman–Crippen MR) is 118 cm³/mol. The van der Waals surface area contributed by atoms with Crippen LogP contribution in [0, 0.1) is 0 Å². The molecular weight excluding hydrogens is 364 g/mol. The first kappa shape index (κ1) is 22.1. The third kappa shape index (κ3) is 7.96. The minimum Gasteiger partial charge on any atom is -0.379 e. The van der Waals surface area contributed by atoms with E-state index in [4.69, 9.17) is 9.47 Å². The highest BCUT2D eigenvalue weighted by Gasteiger charge is 2.15. The van der Waals surface area contributed by atoms with Gasteiger partial charge in [-0.15, -0.1) is 0 Å². The van der Waals surface area contributed by atoms with Gasteiger partial charge in [0.1, 0.15) is 0 Å². The second-order valence-corrected chi connectivity index (χ2v) is 8.02. The van der Waals surface area contributed by atoms with Crippen molar-refractivity contribution in [2.75, 3.05) is 46.5 Å². The average Bonchev–Trinajstić information content (AvgIpc) is 3.28. The first-order chi connectivity index (χ1) is 14.3. The maximum Gasteiger partial charge on any atom is 0.191 e. The van der Waals surface area contributed by atoms with Gasteiger partial charge in [0, 0.05) is 39.9 Å². The number of hydrogen-bond acceptors (Lipinski definition) is 4. The van der Waals surface area contributed by atoms with Gasteiger partial charge in [0.2, 0.25) is 0 Å². The number of nitrogens with zero attached hydrogens (tertiary/aromatic N) is 2. The van der Waals surface area contributed by atoms with E-state index in [2.05, 4.69) is 44.8 Å². The summed E-state index contributed by atoms with van der Waals surface area (Å²) in [5.74, 6) is 0.844. The van der Waals surface area contributed by atoms with Crippen molar-refractivity contribution in [3.8, 4) is 0 Å². The van der Waals surface area contributed by atoms with Crippen LogP contribution in [-0.4, -0.2) is 63.5 Å². The van der Waals surface area contributed by atoms with Crippen LogP contribution in [0.2, 0.25) is 0 Å². The van der Waals surface area contributed by atoms with E-state index in [9.17, 15) is 0 Å². The number of rotatable bonds is 10. The van der Waals surface area contributed by atoms with Gasteiger partial charge in [0.05, 0.1) is 12.7 Å². The number of piperidine rings is 1. The largest absolute Gasteiger partial charge is 0.379 e. The zero-order chi connectivity index (χ0) is 20.2. The van der Waals surface area contributed by atoms with E-state index >= 15 is 0 Å². The molecule has 1 aromatic carbocycles. The molecule has 0 aromatic heterocycles. The molecule has 29 heavy (non-hydrogen) atoms. The Balaban J connectivity index is 1.34. The molecule has 1 unspecified atom stereocenters. The Labute approximate surface area is 176 Å². The zero-order valence-corrected chi connectivity index (χ0v) is 18.0. The molecule has 2 aliphatic rings. The van der Waals surface area contributed by atoms with Crippen molar-refractivity contribution in [1.29, 1.82) is 0 Å². The lowest BCUT2D eigenvalue weighted by molar-refractivity contribution is 0.0168. The van der Waals surface area contributed by atoms with E-state index in [-0.39, 0.29) is 0 Å². The zero-order valence-electron chi connectivity index (χ0n) is 18.0.